The molecule has 0 aliphatic heterocycles. The number of halogens is 3. The van der Waals surface area contributed by atoms with E-state index in [1.165, 1.54) is 0 Å². The van der Waals surface area contributed by atoms with Crippen molar-refractivity contribution in [3.8, 4) is 11.6 Å². The molecule has 0 saturated heterocycles. The molecule has 0 radical (unpaired) electrons. The largest absolute Gasteiger partial charge is 0.534 e. The van der Waals surface area contributed by atoms with Gasteiger partial charge in [-0.2, -0.15) is 26.6 Å². The smallest absolute Gasteiger partial charge is 0.490 e. The number of rotatable bonds is 4. The minimum Gasteiger partial charge on any atom is -0.490 e. The summed E-state index contributed by atoms with van der Waals surface area (Å²) in [5, 5.41) is 0.0446. The van der Waals surface area contributed by atoms with E-state index in [9.17, 15) is 21.6 Å². The summed E-state index contributed by atoms with van der Waals surface area (Å²) in [6.07, 6.45) is 2.57. The standard InChI is InChI=1S/C7H7F3N2O4S2/c1-15-4-3-11-6(17-2)12-5(4)16-18(13,14)7(8,9)10/h3H,1-2H3. The minimum absolute atomic E-state index is 0.0446. The lowest BCUT2D eigenvalue weighted by Crippen LogP contribution is -2.28. The van der Waals surface area contributed by atoms with Crippen LogP contribution in [0.1, 0.15) is 0 Å². The molecule has 6 nitrogen and oxygen atoms in total. The van der Waals surface area contributed by atoms with E-state index >= 15 is 0 Å². The number of thioether (sulfide) groups is 1. The van der Waals surface area contributed by atoms with E-state index in [0.717, 1.165) is 25.1 Å². The normalized spacial score (nSPS) is 12.3. The van der Waals surface area contributed by atoms with Crippen molar-refractivity contribution in [1.82, 2.24) is 9.97 Å². The van der Waals surface area contributed by atoms with E-state index < -0.39 is 21.5 Å². The Labute approximate surface area is 105 Å². The van der Waals surface area contributed by atoms with E-state index in [0.29, 0.717) is 0 Å². The van der Waals surface area contributed by atoms with Gasteiger partial charge < -0.3 is 8.92 Å². The first-order chi connectivity index (χ1) is 8.21. The highest BCUT2D eigenvalue weighted by Crippen LogP contribution is 2.31. The van der Waals surface area contributed by atoms with Crippen molar-refractivity contribution in [2.75, 3.05) is 13.4 Å². The highest BCUT2D eigenvalue weighted by atomic mass is 32.2. The number of aromatic nitrogens is 2. The van der Waals surface area contributed by atoms with Crippen LogP contribution in [0.4, 0.5) is 13.2 Å². The monoisotopic (exact) mass is 304 g/mol. The predicted molar refractivity (Wildman–Crippen MR) is 56.0 cm³/mol. The molecular weight excluding hydrogens is 297 g/mol. The highest BCUT2D eigenvalue weighted by Gasteiger charge is 2.49. The number of methoxy groups -OCH3 is 1. The number of hydrogen-bond donors (Lipinski definition) is 0. The van der Waals surface area contributed by atoms with E-state index in [-0.39, 0.29) is 10.9 Å². The maximum atomic E-state index is 12.1. The number of alkyl halides is 3. The Morgan fingerprint density at radius 1 is 1.39 bits per heavy atom. The van der Waals surface area contributed by atoms with Gasteiger partial charge in [0.1, 0.15) is 0 Å². The van der Waals surface area contributed by atoms with Crippen LogP contribution in [0.3, 0.4) is 0 Å². The number of nitrogens with zero attached hydrogens (tertiary/aromatic N) is 2. The quantitative estimate of drug-likeness (QED) is 0.360. The van der Waals surface area contributed by atoms with Crippen molar-refractivity contribution in [2.45, 2.75) is 10.7 Å². The molecule has 18 heavy (non-hydrogen) atoms. The van der Waals surface area contributed by atoms with Crippen molar-refractivity contribution in [2.24, 2.45) is 0 Å². The zero-order valence-electron chi connectivity index (χ0n) is 9.06. The molecule has 102 valence electrons. The van der Waals surface area contributed by atoms with E-state index in [1.54, 1.807) is 6.26 Å². The number of hydrogen-bond acceptors (Lipinski definition) is 7. The lowest BCUT2D eigenvalue weighted by molar-refractivity contribution is -0.0502. The average Bonchev–Trinajstić information content (AvgIpc) is 2.26. The van der Waals surface area contributed by atoms with Gasteiger partial charge in [0, 0.05) is 0 Å². The summed E-state index contributed by atoms with van der Waals surface area (Å²) in [4.78, 5) is 7.18. The molecule has 0 saturated carbocycles. The van der Waals surface area contributed by atoms with Crippen molar-refractivity contribution in [1.29, 1.82) is 0 Å². The first-order valence-corrected chi connectivity index (χ1v) is 6.80. The van der Waals surface area contributed by atoms with Crippen LogP contribution in [0.15, 0.2) is 11.4 Å². The second kappa shape index (κ2) is 5.18. The minimum atomic E-state index is -5.79. The summed E-state index contributed by atoms with van der Waals surface area (Å²) in [6, 6.07) is 0. The molecule has 11 heteroatoms. The Morgan fingerprint density at radius 2 is 2.00 bits per heavy atom. The topological polar surface area (TPSA) is 78.4 Å². The Hall–Kier alpha value is -1.23. The molecule has 0 aromatic carbocycles. The molecule has 1 rings (SSSR count). The van der Waals surface area contributed by atoms with Crippen LogP contribution in [0, 0.1) is 0 Å². The molecule has 0 fully saturated rings. The van der Waals surface area contributed by atoms with Crippen molar-refractivity contribution in [3.05, 3.63) is 6.20 Å². The molecule has 0 N–H and O–H groups in total. The SMILES string of the molecule is COc1cnc(SC)nc1OS(=O)(=O)C(F)(F)F. The zero-order valence-corrected chi connectivity index (χ0v) is 10.7. The molecule has 0 atom stereocenters. The van der Waals surface area contributed by atoms with Crippen molar-refractivity contribution >= 4 is 21.9 Å². The van der Waals surface area contributed by atoms with E-state index in [2.05, 4.69) is 18.9 Å². The average molecular weight is 304 g/mol. The Bertz CT molecular complexity index is 532. The van der Waals surface area contributed by atoms with Gasteiger partial charge in [0.05, 0.1) is 13.3 Å². The Morgan fingerprint density at radius 3 is 2.44 bits per heavy atom. The van der Waals surface area contributed by atoms with Crippen molar-refractivity contribution in [3.63, 3.8) is 0 Å². The first kappa shape index (κ1) is 14.8. The second-order valence-electron chi connectivity index (χ2n) is 2.71. The number of ether oxygens (including phenoxy) is 1. The summed E-state index contributed by atoms with van der Waals surface area (Å²) in [5.74, 6) is -1.13. The first-order valence-electron chi connectivity index (χ1n) is 4.17. The fourth-order valence-corrected chi connectivity index (χ4v) is 1.54. The highest BCUT2D eigenvalue weighted by molar-refractivity contribution is 7.98. The van der Waals surface area contributed by atoms with Crippen LogP contribution < -0.4 is 8.92 Å². The molecule has 0 spiro atoms. The summed E-state index contributed by atoms with van der Waals surface area (Å²) in [7, 11) is -4.67. The summed E-state index contributed by atoms with van der Waals surface area (Å²) in [5.41, 5.74) is -5.54. The van der Waals surface area contributed by atoms with Crippen LogP contribution in [-0.4, -0.2) is 37.3 Å². The lowest BCUT2D eigenvalue weighted by atomic mass is 10.6. The molecule has 1 aromatic rings. The molecule has 0 aliphatic rings. The molecular formula is C7H7F3N2O4S2. The fourth-order valence-electron chi connectivity index (χ4n) is 0.789. The van der Waals surface area contributed by atoms with Gasteiger partial charge in [-0.1, -0.05) is 11.8 Å². The van der Waals surface area contributed by atoms with E-state index in [1.807, 2.05) is 0 Å². The van der Waals surface area contributed by atoms with Crippen LogP contribution in [0.5, 0.6) is 11.6 Å². The maximum Gasteiger partial charge on any atom is 0.534 e. The summed E-state index contributed by atoms with van der Waals surface area (Å²) in [6.45, 7) is 0. The van der Waals surface area contributed by atoms with Gasteiger partial charge >= 0.3 is 15.6 Å². The molecule has 1 aromatic heterocycles. The predicted octanol–water partition coefficient (Wildman–Crippen LogP) is 1.44. The van der Waals surface area contributed by atoms with Gasteiger partial charge in [0.2, 0.25) is 5.75 Å². The van der Waals surface area contributed by atoms with Gasteiger partial charge in [-0.25, -0.2) is 4.98 Å². The molecule has 0 unspecified atom stereocenters. The third kappa shape index (κ3) is 3.16. The lowest BCUT2D eigenvalue weighted by Gasteiger charge is -2.11. The summed E-state index contributed by atoms with van der Waals surface area (Å²) >= 11 is 1.00. The van der Waals surface area contributed by atoms with Gasteiger partial charge in [-0.05, 0) is 6.26 Å². The van der Waals surface area contributed by atoms with Crippen LogP contribution in [0.2, 0.25) is 0 Å². The van der Waals surface area contributed by atoms with Gasteiger partial charge in [0.25, 0.3) is 5.88 Å². The molecule has 0 aliphatic carbocycles. The van der Waals surface area contributed by atoms with Gasteiger partial charge in [-0.3, -0.25) is 0 Å². The fraction of sp³-hybridized carbons (Fsp3) is 0.429. The van der Waals surface area contributed by atoms with Crippen molar-refractivity contribution < 1.29 is 30.5 Å². The molecule has 0 amide bonds. The van der Waals surface area contributed by atoms with Crippen LogP contribution in [-0.2, 0) is 10.1 Å². The summed E-state index contributed by atoms with van der Waals surface area (Å²) < 4.78 is 66.5. The molecule has 1 heterocycles. The van der Waals surface area contributed by atoms with Gasteiger partial charge in [0.15, 0.2) is 5.16 Å². The van der Waals surface area contributed by atoms with Crippen LogP contribution >= 0.6 is 11.8 Å². The molecule has 0 bridgehead atoms. The Kier molecular flexibility index (Phi) is 4.27. The maximum absolute atomic E-state index is 12.1. The zero-order chi connectivity index (χ0) is 14.0. The Balaban J connectivity index is 3.18. The van der Waals surface area contributed by atoms with Gasteiger partial charge in [-0.15, -0.1) is 0 Å². The third-order valence-corrected chi connectivity index (χ3v) is 3.08. The third-order valence-electron chi connectivity index (χ3n) is 1.57. The van der Waals surface area contributed by atoms with E-state index in [4.69, 9.17) is 0 Å². The second-order valence-corrected chi connectivity index (χ2v) is 5.02. The van der Waals surface area contributed by atoms with Crippen LogP contribution in [0.25, 0.3) is 0 Å².